The maximum Gasteiger partial charge on any atom is 0.0319 e. The number of nitrogens with zero attached hydrogens (tertiary/aromatic N) is 1. The Morgan fingerprint density at radius 1 is 1.20 bits per heavy atom. The summed E-state index contributed by atoms with van der Waals surface area (Å²) < 4.78 is 0. The second-order valence-corrected chi connectivity index (χ2v) is 7.99. The molecule has 1 aliphatic carbocycles. The van der Waals surface area contributed by atoms with Gasteiger partial charge in [0.05, 0.1) is 0 Å². The third-order valence-electron chi connectivity index (χ3n) is 5.72. The molecule has 3 nitrogen and oxygen atoms in total. The summed E-state index contributed by atoms with van der Waals surface area (Å²) in [6.45, 7) is 11.4. The number of aliphatic hydroxyl groups excluding tert-OH is 1. The molecular formula is C27H48N2O. The van der Waals surface area contributed by atoms with E-state index in [2.05, 4.69) is 50.2 Å². The van der Waals surface area contributed by atoms with Crippen LogP contribution in [0.1, 0.15) is 102 Å². The van der Waals surface area contributed by atoms with Crippen molar-refractivity contribution in [2.75, 3.05) is 13.7 Å². The zero-order chi connectivity index (χ0) is 22.8. The highest BCUT2D eigenvalue weighted by Crippen LogP contribution is 2.32. The summed E-state index contributed by atoms with van der Waals surface area (Å²) >= 11 is 0. The van der Waals surface area contributed by atoms with Crippen LogP contribution in [-0.2, 0) is 12.8 Å². The van der Waals surface area contributed by atoms with Crippen LogP contribution in [0.5, 0.6) is 0 Å². The Morgan fingerprint density at radius 2 is 1.93 bits per heavy atom. The first-order chi connectivity index (χ1) is 14.7. The smallest absolute Gasteiger partial charge is 0.0319 e. The first-order valence-electron chi connectivity index (χ1n) is 12.1. The Kier molecular flexibility index (Phi) is 17.4. The predicted molar refractivity (Wildman–Crippen MR) is 135 cm³/mol. The molecule has 0 amide bonds. The van der Waals surface area contributed by atoms with E-state index in [9.17, 15) is 0 Å². The van der Waals surface area contributed by atoms with E-state index in [1.165, 1.54) is 62.5 Å². The molecule has 172 valence electrons. The van der Waals surface area contributed by atoms with E-state index in [4.69, 9.17) is 10.8 Å². The van der Waals surface area contributed by atoms with Gasteiger partial charge < -0.3 is 10.8 Å². The van der Waals surface area contributed by atoms with Gasteiger partial charge in [-0.3, -0.25) is 4.99 Å². The average molecular weight is 417 g/mol. The average Bonchev–Trinajstić information content (AvgIpc) is 2.81. The van der Waals surface area contributed by atoms with Gasteiger partial charge in [-0.15, -0.1) is 0 Å². The van der Waals surface area contributed by atoms with Crippen LogP contribution in [0.25, 0.3) is 0 Å². The van der Waals surface area contributed by atoms with E-state index in [1.807, 2.05) is 20.1 Å². The van der Waals surface area contributed by atoms with E-state index in [-0.39, 0.29) is 0 Å². The molecule has 0 spiro atoms. The number of rotatable bonds is 10. The fraction of sp³-hybridized carbons (Fsp3) is 0.667. The van der Waals surface area contributed by atoms with Crippen molar-refractivity contribution in [2.45, 2.75) is 98.3 Å². The van der Waals surface area contributed by atoms with Gasteiger partial charge in [0.25, 0.3) is 0 Å². The van der Waals surface area contributed by atoms with Gasteiger partial charge >= 0.3 is 0 Å². The molecule has 2 rings (SSSR count). The van der Waals surface area contributed by atoms with Crippen LogP contribution in [0.3, 0.4) is 0 Å². The molecular weight excluding hydrogens is 368 g/mol. The summed E-state index contributed by atoms with van der Waals surface area (Å²) in [7, 11) is 1.00. The third kappa shape index (κ3) is 10.5. The lowest BCUT2D eigenvalue weighted by Gasteiger charge is -2.26. The highest BCUT2D eigenvalue weighted by molar-refractivity contribution is 5.57. The monoisotopic (exact) mass is 416 g/mol. The SMILES string of the molecule is CC.CCCC=N/C=C(\C)CCC1CCc2cc(C(CN)CCC)ccc2C1.CO. The molecule has 0 heterocycles. The minimum Gasteiger partial charge on any atom is -0.400 e. The highest BCUT2D eigenvalue weighted by Gasteiger charge is 2.20. The van der Waals surface area contributed by atoms with Gasteiger partial charge in [-0.2, -0.15) is 0 Å². The number of hydrogen-bond acceptors (Lipinski definition) is 3. The van der Waals surface area contributed by atoms with Crippen molar-refractivity contribution in [3.8, 4) is 0 Å². The third-order valence-corrected chi connectivity index (χ3v) is 5.72. The Hall–Kier alpha value is -1.45. The van der Waals surface area contributed by atoms with Gasteiger partial charge in [-0.25, -0.2) is 0 Å². The van der Waals surface area contributed by atoms with Crippen molar-refractivity contribution in [3.05, 3.63) is 46.7 Å². The molecule has 1 aliphatic rings. The molecule has 0 radical (unpaired) electrons. The number of unbranched alkanes of at least 4 members (excludes halogenated alkanes) is 1. The van der Waals surface area contributed by atoms with E-state index < -0.39 is 0 Å². The maximum atomic E-state index is 7.00. The van der Waals surface area contributed by atoms with E-state index in [0.29, 0.717) is 5.92 Å². The Bertz CT molecular complexity index is 607. The zero-order valence-electron chi connectivity index (χ0n) is 20.6. The Morgan fingerprint density at radius 3 is 2.57 bits per heavy atom. The minimum absolute atomic E-state index is 0.532. The van der Waals surface area contributed by atoms with Crippen molar-refractivity contribution < 1.29 is 5.11 Å². The second-order valence-electron chi connectivity index (χ2n) is 7.99. The minimum atomic E-state index is 0.532. The largest absolute Gasteiger partial charge is 0.400 e. The van der Waals surface area contributed by atoms with Crippen molar-refractivity contribution in [1.29, 1.82) is 0 Å². The van der Waals surface area contributed by atoms with Crippen LogP contribution in [0.2, 0.25) is 0 Å². The van der Waals surface area contributed by atoms with Crippen molar-refractivity contribution in [1.82, 2.24) is 0 Å². The molecule has 3 N–H and O–H groups in total. The summed E-state index contributed by atoms with van der Waals surface area (Å²) in [5, 5.41) is 7.00. The van der Waals surface area contributed by atoms with Crippen LogP contribution < -0.4 is 5.73 Å². The highest BCUT2D eigenvalue weighted by atomic mass is 16.2. The quantitative estimate of drug-likeness (QED) is 0.411. The van der Waals surface area contributed by atoms with Gasteiger partial charge in [0.1, 0.15) is 0 Å². The molecule has 0 saturated heterocycles. The molecule has 1 aromatic rings. The predicted octanol–water partition coefficient (Wildman–Crippen LogP) is 6.82. The lowest BCUT2D eigenvalue weighted by Crippen LogP contribution is -2.17. The van der Waals surface area contributed by atoms with Crippen LogP contribution in [0.15, 0.2) is 35.0 Å². The Labute approximate surface area is 186 Å². The number of aryl methyl sites for hydroxylation is 1. The van der Waals surface area contributed by atoms with Gasteiger partial charge in [0.15, 0.2) is 0 Å². The van der Waals surface area contributed by atoms with E-state index >= 15 is 0 Å². The maximum absolute atomic E-state index is 7.00. The van der Waals surface area contributed by atoms with Crippen LogP contribution in [0.4, 0.5) is 0 Å². The first kappa shape index (κ1) is 28.5. The van der Waals surface area contributed by atoms with Gasteiger partial charge in [-0.1, -0.05) is 64.3 Å². The standard InChI is InChI=1S/C24H38N2.C2H6.CH4O/c1-4-6-14-26-18-19(3)8-9-20-10-11-22-16-23(13-12-21(22)15-20)24(17-25)7-5-2;2*1-2/h12-14,16,18,20,24H,4-11,15,17,25H2,1-3H3;1-2H3;2H,1H3/b19-18+,26-14?;;. The summed E-state index contributed by atoms with van der Waals surface area (Å²) in [6.07, 6.45) is 15.0. The second kappa shape index (κ2) is 18.3. The lowest BCUT2D eigenvalue weighted by molar-refractivity contribution is 0.399. The van der Waals surface area contributed by atoms with Crippen LogP contribution >= 0.6 is 0 Å². The molecule has 0 aromatic heterocycles. The number of allylic oxidation sites excluding steroid dienone is 1. The molecule has 0 aliphatic heterocycles. The Balaban J connectivity index is 0.00000198. The number of aliphatic hydroxyl groups is 1. The normalized spacial score (nSPS) is 16.8. The summed E-state index contributed by atoms with van der Waals surface area (Å²) in [4.78, 5) is 4.41. The van der Waals surface area contributed by atoms with Crippen LogP contribution in [0, 0.1) is 5.92 Å². The van der Waals surface area contributed by atoms with Gasteiger partial charge in [-0.05, 0) is 86.9 Å². The molecule has 0 fully saturated rings. The fourth-order valence-electron chi connectivity index (χ4n) is 4.00. The van der Waals surface area contributed by atoms with Crippen molar-refractivity contribution >= 4 is 6.21 Å². The number of hydrogen-bond donors (Lipinski definition) is 2. The van der Waals surface area contributed by atoms with Gasteiger partial charge in [0, 0.05) is 19.5 Å². The molecule has 0 bridgehead atoms. The molecule has 2 atom stereocenters. The number of aliphatic imine (C=N–C) groups is 1. The number of benzene rings is 1. The number of fused-ring (bicyclic) bond motifs is 1. The van der Waals surface area contributed by atoms with E-state index in [0.717, 1.165) is 26.0 Å². The fourth-order valence-corrected chi connectivity index (χ4v) is 4.00. The summed E-state index contributed by atoms with van der Waals surface area (Å²) in [5.41, 5.74) is 12.0. The molecule has 30 heavy (non-hydrogen) atoms. The molecule has 0 saturated carbocycles. The van der Waals surface area contributed by atoms with Gasteiger partial charge in [0.2, 0.25) is 0 Å². The van der Waals surface area contributed by atoms with Crippen molar-refractivity contribution in [2.24, 2.45) is 16.6 Å². The number of nitrogens with two attached hydrogens (primary N) is 1. The molecule has 3 heteroatoms. The first-order valence-corrected chi connectivity index (χ1v) is 12.1. The van der Waals surface area contributed by atoms with Crippen LogP contribution in [-0.4, -0.2) is 25.0 Å². The summed E-state index contributed by atoms with van der Waals surface area (Å²) in [5.74, 6) is 1.35. The molecule has 2 unspecified atom stereocenters. The molecule has 1 aromatic carbocycles. The van der Waals surface area contributed by atoms with E-state index in [1.54, 1.807) is 11.1 Å². The zero-order valence-corrected chi connectivity index (χ0v) is 20.6. The lowest BCUT2D eigenvalue weighted by atomic mass is 9.79. The summed E-state index contributed by atoms with van der Waals surface area (Å²) in [6, 6.07) is 7.17. The topological polar surface area (TPSA) is 58.6 Å². The van der Waals surface area contributed by atoms with Crippen molar-refractivity contribution in [3.63, 3.8) is 0 Å².